The van der Waals surface area contributed by atoms with Crippen molar-refractivity contribution in [3.05, 3.63) is 0 Å². The molecule has 1 saturated heterocycles. The molecule has 1 aliphatic heterocycles. The Morgan fingerprint density at radius 3 is 2.67 bits per heavy atom. The number of hydrogen-bond acceptors (Lipinski definition) is 6. The monoisotopic (exact) mass is 219 g/mol. The molecular weight excluding hydrogens is 206 g/mol. The van der Waals surface area contributed by atoms with Gasteiger partial charge >= 0.3 is 6.09 Å². The van der Waals surface area contributed by atoms with Crippen LogP contribution in [0.3, 0.4) is 0 Å². The second-order valence-electron chi connectivity index (χ2n) is 3.99. The summed E-state index contributed by atoms with van der Waals surface area (Å²) >= 11 is 0. The Kier molecular flexibility index (Phi) is 2.34. The van der Waals surface area contributed by atoms with Crippen molar-refractivity contribution in [3.63, 3.8) is 0 Å². The maximum Gasteiger partial charge on any atom is 0.408 e. The Hall–Kier alpha value is -0.890. The number of ether oxygens (including phenoxy) is 1. The highest BCUT2D eigenvalue weighted by Gasteiger charge is 2.57. The molecule has 2 bridgehead atoms. The molecule has 5 N–H and O–H groups in total. The Morgan fingerprint density at radius 2 is 2.07 bits per heavy atom. The van der Waals surface area contributed by atoms with Crippen molar-refractivity contribution in [2.24, 2.45) is 0 Å². The van der Waals surface area contributed by atoms with Crippen molar-refractivity contribution in [2.75, 3.05) is 6.61 Å². The van der Waals surface area contributed by atoms with Gasteiger partial charge in [-0.05, 0) is 0 Å². The first kappa shape index (κ1) is 10.6. The number of fused-ring (bicyclic) bond motifs is 2. The normalized spacial score (nSPS) is 49.5. The summed E-state index contributed by atoms with van der Waals surface area (Å²) < 4.78 is 4.80. The van der Waals surface area contributed by atoms with E-state index in [1.807, 2.05) is 0 Å². The maximum absolute atomic E-state index is 11.1. The molecule has 2 rings (SSSR count). The Labute approximate surface area is 85.3 Å². The molecule has 15 heavy (non-hydrogen) atoms. The summed E-state index contributed by atoms with van der Waals surface area (Å²) in [5, 5.41) is 40.1. The SMILES string of the molecule is O=C1N[C@H]2C[C@](CO)(O1)[C@@H](O)[C@H](O)[C@H]2O. The second-order valence-corrected chi connectivity index (χ2v) is 3.99. The van der Waals surface area contributed by atoms with Crippen molar-refractivity contribution in [2.45, 2.75) is 36.4 Å². The van der Waals surface area contributed by atoms with Crippen LogP contribution in [0, 0.1) is 0 Å². The van der Waals surface area contributed by atoms with E-state index in [4.69, 9.17) is 9.84 Å². The summed E-state index contributed by atoms with van der Waals surface area (Å²) in [5.41, 5.74) is -1.51. The van der Waals surface area contributed by atoms with E-state index in [1.54, 1.807) is 0 Å². The maximum atomic E-state index is 11.1. The fourth-order valence-corrected chi connectivity index (χ4v) is 2.14. The first-order valence-electron chi connectivity index (χ1n) is 4.65. The van der Waals surface area contributed by atoms with Gasteiger partial charge in [-0.1, -0.05) is 0 Å². The molecule has 2 aliphatic rings. The Morgan fingerprint density at radius 1 is 1.40 bits per heavy atom. The fraction of sp³-hybridized carbons (Fsp3) is 0.875. The predicted molar refractivity (Wildman–Crippen MR) is 45.9 cm³/mol. The van der Waals surface area contributed by atoms with Crippen molar-refractivity contribution in [1.82, 2.24) is 5.32 Å². The van der Waals surface area contributed by atoms with E-state index < -0.39 is 42.7 Å². The van der Waals surface area contributed by atoms with E-state index in [2.05, 4.69) is 5.32 Å². The third kappa shape index (κ3) is 1.39. The van der Waals surface area contributed by atoms with E-state index in [-0.39, 0.29) is 6.42 Å². The van der Waals surface area contributed by atoms with Crippen molar-refractivity contribution in [1.29, 1.82) is 0 Å². The van der Waals surface area contributed by atoms with E-state index in [0.29, 0.717) is 0 Å². The summed E-state index contributed by atoms with van der Waals surface area (Å²) in [4.78, 5) is 11.1. The van der Waals surface area contributed by atoms with Gasteiger partial charge in [0.15, 0.2) is 5.60 Å². The number of nitrogens with one attached hydrogen (secondary N) is 1. The lowest BCUT2D eigenvalue weighted by Gasteiger charge is -2.50. The molecular formula is C8H13NO6. The zero-order valence-corrected chi connectivity index (χ0v) is 7.83. The molecule has 0 spiro atoms. The van der Waals surface area contributed by atoms with Crippen molar-refractivity contribution in [3.8, 4) is 0 Å². The zero-order chi connectivity index (χ0) is 11.2. The van der Waals surface area contributed by atoms with Crippen LogP contribution in [-0.4, -0.2) is 63.1 Å². The first-order valence-corrected chi connectivity index (χ1v) is 4.65. The van der Waals surface area contributed by atoms with Gasteiger partial charge in [0.1, 0.15) is 18.3 Å². The second kappa shape index (κ2) is 3.31. The molecule has 5 atom stereocenters. The van der Waals surface area contributed by atoms with Crippen LogP contribution in [0.25, 0.3) is 0 Å². The van der Waals surface area contributed by atoms with Gasteiger partial charge in [0.25, 0.3) is 0 Å². The average molecular weight is 219 g/mol. The highest BCUT2D eigenvalue weighted by molar-refractivity contribution is 5.69. The van der Waals surface area contributed by atoms with Crippen LogP contribution in [0.1, 0.15) is 6.42 Å². The third-order valence-electron chi connectivity index (χ3n) is 3.06. The molecule has 0 radical (unpaired) electrons. The van der Waals surface area contributed by atoms with Crippen LogP contribution < -0.4 is 5.32 Å². The molecule has 1 heterocycles. The molecule has 0 unspecified atom stereocenters. The quantitative estimate of drug-likeness (QED) is 0.328. The molecule has 2 fully saturated rings. The first-order chi connectivity index (χ1) is 7.00. The van der Waals surface area contributed by atoms with Crippen molar-refractivity contribution >= 4 is 6.09 Å². The Balaban J connectivity index is 2.32. The topological polar surface area (TPSA) is 119 Å². The van der Waals surface area contributed by atoms with Crippen molar-refractivity contribution < 1.29 is 30.0 Å². The highest BCUT2D eigenvalue weighted by Crippen LogP contribution is 2.35. The van der Waals surface area contributed by atoms with Crippen LogP contribution in [-0.2, 0) is 4.74 Å². The number of carbonyl (C=O) groups is 1. The molecule has 1 aliphatic carbocycles. The van der Waals surface area contributed by atoms with Gasteiger partial charge in [0, 0.05) is 6.42 Å². The highest BCUT2D eigenvalue weighted by atomic mass is 16.6. The molecule has 86 valence electrons. The number of carbonyl (C=O) groups excluding carboxylic acids is 1. The number of aliphatic hydroxyl groups is 4. The van der Waals surface area contributed by atoms with Crippen LogP contribution in [0.5, 0.6) is 0 Å². The van der Waals surface area contributed by atoms with Crippen LogP contribution in [0.2, 0.25) is 0 Å². The minimum absolute atomic E-state index is 0.0641. The fourth-order valence-electron chi connectivity index (χ4n) is 2.14. The molecule has 7 heteroatoms. The molecule has 0 aromatic heterocycles. The summed E-state index contributed by atoms with van der Waals surface area (Å²) in [6.07, 6.45) is -4.94. The van der Waals surface area contributed by atoms with Gasteiger partial charge in [-0.25, -0.2) is 4.79 Å². The summed E-state index contributed by atoms with van der Waals surface area (Å²) in [6, 6.07) is -0.711. The number of aliphatic hydroxyl groups excluding tert-OH is 4. The summed E-state index contributed by atoms with van der Waals surface area (Å²) in [7, 11) is 0. The van der Waals surface area contributed by atoms with Gasteiger partial charge in [-0.2, -0.15) is 0 Å². The smallest absolute Gasteiger partial charge is 0.408 e. The lowest BCUT2D eigenvalue weighted by molar-refractivity contribution is -0.219. The molecule has 1 saturated carbocycles. The molecule has 0 aromatic carbocycles. The lowest BCUT2D eigenvalue weighted by Crippen LogP contribution is -2.72. The van der Waals surface area contributed by atoms with Gasteiger partial charge < -0.3 is 30.5 Å². The summed E-state index contributed by atoms with van der Waals surface area (Å²) in [6.45, 7) is -0.595. The van der Waals surface area contributed by atoms with Gasteiger partial charge in [-0.15, -0.1) is 0 Å². The minimum Gasteiger partial charge on any atom is -0.438 e. The van der Waals surface area contributed by atoms with Crippen LogP contribution >= 0.6 is 0 Å². The molecule has 0 aromatic rings. The van der Waals surface area contributed by atoms with E-state index in [9.17, 15) is 20.1 Å². The lowest BCUT2D eigenvalue weighted by atomic mass is 9.75. The number of amides is 1. The average Bonchev–Trinajstić information content (AvgIpc) is 2.23. The molecule has 7 nitrogen and oxygen atoms in total. The third-order valence-corrected chi connectivity index (χ3v) is 3.06. The number of alkyl carbamates (subject to hydrolysis) is 1. The standard InChI is InChI=1S/C8H13NO6/c10-2-8-1-3(9-7(14)15-8)4(11)5(12)6(8)13/h3-6,10-13H,1-2H2,(H,9,14)/t3-,4-,5+,6-,8+/m0/s1. The van der Waals surface area contributed by atoms with Gasteiger partial charge in [-0.3, -0.25) is 0 Å². The zero-order valence-electron chi connectivity index (χ0n) is 7.83. The number of rotatable bonds is 1. The predicted octanol–water partition coefficient (Wildman–Crippen LogP) is -2.69. The molecule has 1 amide bonds. The summed E-state index contributed by atoms with van der Waals surface area (Å²) in [5.74, 6) is 0. The van der Waals surface area contributed by atoms with Gasteiger partial charge in [0.05, 0.1) is 12.6 Å². The van der Waals surface area contributed by atoms with E-state index in [1.165, 1.54) is 0 Å². The Bertz CT molecular complexity index is 284. The van der Waals surface area contributed by atoms with Gasteiger partial charge in [0.2, 0.25) is 0 Å². The van der Waals surface area contributed by atoms with Crippen LogP contribution in [0.15, 0.2) is 0 Å². The van der Waals surface area contributed by atoms with Crippen LogP contribution in [0.4, 0.5) is 4.79 Å². The number of hydrogen-bond donors (Lipinski definition) is 5. The van der Waals surface area contributed by atoms with E-state index in [0.717, 1.165) is 0 Å². The largest absolute Gasteiger partial charge is 0.438 e. The van der Waals surface area contributed by atoms with E-state index >= 15 is 0 Å². The minimum atomic E-state index is -1.51.